The first-order valence-electron chi connectivity index (χ1n) is 7.31. The molecule has 0 spiro atoms. The highest BCUT2D eigenvalue weighted by atomic mass is 16.5. The molecule has 0 radical (unpaired) electrons. The predicted octanol–water partition coefficient (Wildman–Crippen LogP) is 3.52. The summed E-state index contributed by atoms with van der Waals surface area (Å²) in [7, 11) is 0. The van der Waals surface area contributed by atoms with Crippen LogP contribution in [0.3, 0.4) is 0 Å². The predicted molar refractivity (Wildman–Crippen MR) is 81.8 cm³/mol. The molecule has 1 aliphatic rings. The Morgan fingerprint density at radius 3 is 2.90 bits per heavy atom. The number of hydrogen-bond acceptors (Lipinski definition) is 3. The lowest BCUT2D eigenvalue weighted by Crippen LogP contribution is -2.46. The van der Waals surface area contributed by atoms with Crippen LogP contribution < -0.4 is 10.5 Å². The molecule has 0 amide bonds. The van der Waals surface area contributed by atoms with Gasteiger partial charge in [-0.15, -0.1) is 0 Å². The summed E-state index contributed by atoms with van der Waals surface area (Å²) in [6.07, 6.45) is 5.07. The first kappa shape index (κ1) is 13.4. The van der Waals surface area contributed by atoms with Crippen LogP contribution in [-0.4, -0.2) is 17.1 Å². The molecule has 2 aromatic rings. The highest BCUT2D eigenvalue weighted by Gasteiger charge is 2.34. The van der Waals surface area contributed by atoms with Gasteiger partial charge in [0.2, 0.25) is 0 Å². The molecule has 3 rings (SSSR count). The molecule has 1 fully saturated rings. The van der Waals surface area contributed by atoms with E-state index in [0.717, 1.165) is 29.5 Å². The summed E-state index contributed by atoms with van der Waals surface area (Å²) in [4.78, 5) is 4.44. The smallest absolute Gasteiger partial charge is 0.146 e. The van der Waals surface area contributed by atoms with Gasteiger partial charge < -0.3 is 10.5 Å². The molecular formula is C17H22N2O. The van der Waals surface area contributed by atoms with Crippen molar-refractivity contribution in [3.63, 3.8) is 0 Å². The lowest BCUT2D eigenvalue weighted by molar-refractivity contribution is 0.0679. The molecule has 2 unspecified atom stereocenters. The SMILES string of the molecule is CC1(C)CCC(N)C(Oc2cccc3cccnc23)C1. The van der Waals surface area contributed by atoms with Gasteiger partial charge in [0.05, 0.1) is 0 Å². The van der Waals surface area contributed by atoms with Gasteiger partial charge in [-0.3, -0.25) is 4.98 Å². The van der Waals surface area contributed by atoms with E-state index in [1.807, 2.05) is 18.2 Å². The average Bonchev–Trinajstić information content (AvgIpc) is 2.43. The Kier molecular flexibility index (Phi) is 3.38. The van der Waals surface area contributed by atoms with Crippen LogP contribution in [0, 0.1) is 5.41 Å². The van der Waals surface area contributed by atoms with Gasteiger partial charge in [-0.1, -0.05) is 32.0 Å². The highest BCUT2D eigenvalue weighted by Crippen LogP contribution is 2.37. The van der Waals surface area contributed by atoms with Gasteiger partial charge in [-0.2, -0.15) is 0 Å². The number of hydrogen-bond donors (Lipinski definition) is 1. The molecule has 1 aromatic carbocycles. The minimum Gasteiger partial charge on any atom is -0.487 e. The number of pyridine rings is 1. The van der Waals surface area contributed by atoms with Crippen LogP contribution in [0.4, 0.5) is 0 Å². The summed E-state index contributed by atoms with van der Waals surface area (Å²) < 4.78 is 6.23. The number of nitrogens with two attached hydrogens (primary N) is 1. The van der Waals surface area contributed by atoms with Crippen LogP contribution in [-0.2, 0) is 0 Å². The standard InChI is InChI=1S/C17H22N2O/c1-17(2)9-8-13(18)15(11-17)20-14-7-3-5-12-6-4-10-19-16(12)14/h3-7,10,13,15H,8-9,11,18H2,1-2H3. The van der Waals surface area contributed by atoms with Crippen molar-refractivity contribution in [1.82, 2.24) is 4.98 Å². The first-order valence-corrected chi connectivity index (χ1v) is 7.31. The zero-order valence-electron chi connectivity index (χ0n) is 12.2. The largest absolute Gasteiger partial charge is 0.487 e. The molecule has 1 aliphatic carbocycles. The maximum absolute atomic E-state index is 6.25. The van der Waals surface area contributed by atoms with Gasteiger partial charge >= 0.3 is 0 Å². The summed E-state index contributed by atoms with van der Waals surface area (Å²) in [6, 6.07) is 10.2. The molecule has 2 N–H and O–H groups in total. The number of fused-ring (bicyclic) bond motifs is 1. The minimum atomic E-state index is 0.0753. The normalized spacial score (nSPS) is 25.6. The molecule has 3 nitrogen and oxygen atoms in total. The van der Waals surface area contributed by atoms with Crippen LogP contribution in [0.5, 0.6) is 5.75 Å². The maximum Gasteiger partial charge on any atom is 0.146 e. The number of para-hydroxylation sites is 1. The average molecular weight is 270 g/mol. The van der Waals surface area contributed by atoms with E-state index < -0.39 is 0 Å². The molecule has 0 bridgehead atoms. The fourth-order valence-electron chi connectivity index (χ4n) is 3.00. The number of nitrogens with zero attached hydrogens (tertiary/aromatic N) is 1. The molecule has 3 heteroatoms. The van der Waals surface area contributed by atoms with Crippen LogP contribution in [0.2, 0.25) is 0 Å². The van der Waals surface area contributed by atoms with E-state index in [-0.39, 0.29) is 12.1 Å². The third-order valence-electron chi connectivity index (χ3n) is 4.26. The maximum atomic E-state index is 6.25. The second-order valence-electron chi connectivity index (χ2n) is 6.56. The van der Waals surface area contributed by atoms with E-state index in [1.165, 1.54) is 6.42 Å². The Bertz CT molecular complexity index is 603. The van der Waals surface area contributed by atoms with E-state index in [4.69, 9.17) is 10.5 Å². The van der Waals surface area contributed by atoms with E-state index in [2.05, 4.69) is 31.0 Å². The quantitative estimate of drug-likeness (QED) is 0.908. The van der Waals surface area contributed by atoms with Gasteiger partial charge in [0.1, 0.15) is 17.4 Å². The molecule has 1 saturated carbocycles. The van der Waals surface area contributed by atoms with Crippen molar-refractivity contribution < 1.29 is 4.74 Å². The van der Waals surface area contributed by atoms with Crippen molar-refractivity contribution in [1.29, 1.82) is 0 Å². The van der Waals surface area contributed by atoms with Crippen LogP contribution in [0.25, 0.3) is 10.9 Å². The van der Waals surface area contributed by atoms with Crippen molar-refractivity contribution in [3.05, 3.63) is 36.5 Å². The van der Waals surface area contributed by atoms with Crippen molar-refractivity contribution in [2.75, 3.05) is 0 Å². The van der Waals surface area contributed by atoms with E-state index in [0.29, 0.717) is 5.41 Å². The molecule has 1 aromatic heterocycles. The Balaban J connectivity index is 1.89. The zero-order chi connectivity index (χ0) is 14.2. The second-order valence-corrected chi connectivity index (χ2v) is 6.56. The van der Waals surface area contributed by atoms with Gasteiger partial charge in [-0.05, 0) is 36.8 Å². The highest BCUT2D eigenvalue weighted by molar-refractivity contribution is 5.84. The summed E-state index contributed by atoms with van der Waals surface area (Å²) in [5, 5.41) is 1.11. The van der Waals surface area contributed by atoms with E-state index in [1.54, 1.807) is 6.20 Å². The molecule has 0 aliphatic heterocycles. The topological polar surface area (TPSA) is 48.1 Å². The monoisotopic (exact) mass is 270 g/mol. The summed E-state index contributed by atoms with van der Waals surface area (Å²) in [5.41, 5.74) is 7.47. The van der Waals surface area contributed by atoms with Crippen molar-refractivity contribution in [3.8, 4) is 5.75 Å². The Hall–Kier alpha value is -1.61. The fourth-order valence-corrected chi connectivity index (χ4v) is 3.00. The first-order chi connectivity index (χ1) is 9.55. The van der Waals surface area contributed by atoms with E-state index >= 15 is 0 Å². The van der Waals surface area contributed by atoms with Crippen molar-refractivity contribution in [2.45, 2.75) is 45.3 Å². The Labute approximate surface area is 120 Å². The summed E-state index contributed by atoms with van der Waals surface area (Å²) in [6.45, 7) is 4.58. The number of rotatable bonds is 2. The molecular weight excluding hydrogens is 248 g/mol. The molecule has 2 atom stereocenters. The van der Waals surface area contributed by atoms with E-state index in [9.17, 15) is 0 Å². The molecule has 0 saturated heterocycles. The Morgan fingerprint density at radius 2 is 2.05 bits per heavy atom. The number of aromatic nitrogens is 1. The third-order valence-corrected chi connectivity index (χ3v) is 4.26. The van der Waals surface area contributed by atoms with Crippen molar-refractivity contribution >= 4 is 10.9 Å². The van der Waals surface area contributed by atoms with Gasteiger partial charge in [0, 0.05) is 17.6 Å². The van der Waals surface area contributed by atoms with Crippen LogP contribution in [0.1, 0.15) is 33.1 Å². The minimum absolute atomic E-state index is 0.0753. The second kappa shape index (κ2) is 5.06. The van der Waals surface area contributed by atoms with Gasteiger partial charge in [0.15, 0.2) is 0 Å². The van der Waals surface area contributed by atoms with Crippen LogP contribution >= 0.6 is 0 Å². The number of benzene rings is 1. The lowest BCUT2D eigenvalue weighted by atomic mass is 9.74. The van der Waals surface area contributed by atoms with Crippen LogP contribution in [0.15, 0.2) is 36.5 Å². The molecule has 106 valence electrons. The third kappa shape index (κ3) is 2.63. The van der Waals surface area contributed by atoms with Crippen molar-refractivity contribution in [2.24, 2.45) is 11.1 Å². The summed E-state index contributed by atoms with van der Waals surface area (Å²) >= 11 is 0. The summed E-state index contributed by atoms with van der Waals surface area (Å²) in [5.74, 6) is 0.848. The Morgan fingerprint density at radius 1 is 1.25 bits per heavy atom. The fraction of sp³-hybridized carbons (Fsp3) is 0.471. The number of ether oxygens (including phenoxy) is 1. The molecule has 1 heterocycles. The van der Waals surface area contributed by atoms with Gasteiger partial charge in [0.25, 0.3) is 0 Å². The van der Waals surface area contributed by atoms with Gasteiger partial charge in [-0.25, -0.2) is 0 Å². The molecule has 20 heavy (non-hydrogen) atoms. The lowest BCUT2D eigenvalue weighted by Gasteiger charge is -2.39. The zero-order valence-corrected chi connectivity index (χ0v) is 12.2.